The first-order valence-corrected chi connectivity index (χ1v) is 11.3. The SMILES string of the molecule is CCCCCCCCC(=O)Nc1sc(C(=O)OC(C)(C)C)c(C)c1C(=O)OCC. The van der Waals surface area contributed by atoms with Gasteiger partial charge in [0, 0.05) is 6.42 Å². The molecule has 164 valence electrons. The zero-order chi connectivity index (χ0) is 22.0. The van der Waals surface area contributed by atoms with E-state index in [0.717, 1.165) is 30.6 Å². The van der Waals surface area contributed by atoms with E-state index in [9.17, 15) is 14.4 Å². The molecule has 0 fully saturated rings. The summed E-state index contributed by atoms with van der Waals surface area (Å²) in [4.78, 5) is 37.6. The fraction of sp³-hybridized carbons (Fsp3) is 0.682. The molecule has 0 atom stereocenters. The molecule has 0 aliphatic carbocycles. The van der Waals surface area contributed by atoms with Gasteiger partial charge in [-0.25, -0.2) is 9.59 Å². The van der Waals surface area contributed by atoms with Crippen molar-refractivity contribution in [2.75, 3.05) is 11.9 Å². The van der Waals surface area contributed by atoms with Crippen molar-refractivity contribution in [3.8, 4) is 0 Å². The Morgan fingerprint density at radius 3 is 2.17 bits per heavy atom. The van der Waals surface area contributed by atoms with Crippen molar-refractivity contribution < 1.29 is 23.9 Å². The van der Waals surface area contributed by atoms with Crippen LogP contribution in [0.25, 0.3) is 0 Å². The Hall–Kier alpha value is -1.89. The van der Waals surface area contributed by atoms with Gasteiger partial charge in [-0.3, -0.25) is 4.79 Å². The van der Waals surface area contributed by atoms with Gasteiger partial charge in [0.05, 0.1) is 12.2 Å². The third-order valence-corrected chi connectivity index (χ3v) is 5.41. The second-order valence-corrected chi connectivity index (χ2v) is 9.07. The molecule has 0 aliphatic rings. The van der Waals surface area contributed by atoms with Crippen LogP contribution < -0.4 is 5.32 Å². The predicted molar refractivity (Wildman–Crippen MR) is 117 cm³/mol. The molecule has 1 amide bonds. The number of carbonyl (C=O) groups is 3. The minimum Gasteiger partial charge on any atom is -0.462 e. The van der Waals surface area contributed by atoms with Gasteiger partial charge in [-0.1, -0.05) is 39.0 Å². The van der Waals surface area contributed by atoms with Crippen molar-refractivity contribution in [1.29, 1.82) is 0 Å². The molecule has 0 unspecified atom stereocenters. The van der Waals surface area contributed by atoms with Crippen molar-refractivity contribution in [1.82, 2.24) is 0 Å². The second-order valence-electron chi connectivity index (χ2n) is 8.05. The molecule has 29 heavy (non-hydrogen) atoms. The highest BCUT2D eigenvalue weighted by Gasteiger charge is 2.29. The van der Waals surface area contributed by atoms with E-state index < -0.39 is 17.5 Å². The summed E-state index contributed by atoms with van der Waals surface area (Å²) in [6.07, 6.45) is 6.90. The topological polar surface area (TPSA) is 81.7 Å². The van der Waals surface area contributed by atoms with E-state index in [2.05, 4.69) is 12.2 Å². The van der Waals surface area contributed by atoms with Crippen LogP contribution in [0.2, 0.25) is 0 Å². The number of rotatable bonds is 11. The van der Waals surface area contributed by atoms with E-state index in [0.29, 0.717) is 21.9 Å². The minimum absolute atomic E-state index is 0.164. The molecule has 0 aromatic carbocycles. The van der Waals surface area contributed by atoms with Gasteiger partial charge in [0.15, 0.2) is 0 Å². The maximum atomic E-state index is 12.5. The van der Waals surface area contributed by atoms with Crippen LogP contribution in [0.4, 0.5) is 5.00 Å². The normalized spacial score (nSPS) is 11.2. The molecule has 0 spiro atoms. The number of thiophene rings is 1. The number of ether oxygens (including phenoxy) is 2. The third-order valence-electron chi connectivity index (χ3n) is 4.22. The maximum Gasteiger partial charge on any atom is 0.349 e. The van der Waals surface area contributed by atoms with Gasteiger partial charge in [0.2, 0.25) is 5.91 Å². The summed E-state index contributed by atoms with van der Waals surface area (Å²) >= 11 is 1.06. The van der Waals surface area contributed by atoms with Gasteiger partial charge in [0.25, 0.3) is 0 Å². The molecule has 0 aliphatic heterocycles. The Bertz CT molecular complexity index is 703. The van der Waals surface area contributed by atoms with Crippen LogP contribution >= 0.6 is 11.3 Å². The second kappa shape index (κ2) is 12.0. The first-order chi connectivity index (χ1) is 13.6. The van der Waals surface area contributed by atoms with Crippen molar-refractivity contribution in [2.24, 2.45) is 0 Å². The summed E-state index contributed by atoms with van der Waals surface area (Å²) in [5, 5.41) is 3.15. The van der Waals surface area contributed by atoms with E-state index in [-0.39, 0.29) is 18.1 Å². The average Bonchev–Trinajstić information content (AvgIpc) is 2.93. The number of carbonyl (C=O) groups excluding carboxylic acids is 3. The highest BCUT2D eigenvalue weighted by molar-refractivity contribution is 7.18. The Morgan fingerprint density at radius 2 is 1.59 bits per heavy atom. The zero-order valence-electron chi connectivity index (χ0n) is 18.6. The largest absolute Gasteiger partial charge is 0.462 e. The van der Waals surface area contributed by atoms with Crippen LogP contribution in [0, 0.1) is 6.92 Å². The van der Waals surface area contributed by atoms with Crippen molar-refractivity contribution in [3.05, 3.63) is 16.0 Å². The van der Waals surface area contributed by atoms with Crippen LogP contribution in [0.5, 0.6) is 0 Å². The summed E-state index contributed by atoms with van der Waals surface area (Å²) in [6, 6.07) is 0. The summed E-state index contributed by atoms with van der Waals surface area (Å²) in [5.41, 5.74) is 0.0466. The summed E-state index contributed by atoms with van der Waals surface area (Å²) < 4.78 is 10.6. The quantitative estimate of drug-likeness (QED) is 0.354. The minimum atomic E-state index is -0.654. The van der Waals surface area contributed by atoms with Crippen LogP contribution in [0.15, 0.2) is 0 Å². The lowest BCUT2D eigenvalue weighted by Crippen LogP contribution is -2.23. The number of hydrogen-bond donors (Lipinski definition) is 1. The molecular weight excluding hydrogens is 390 g/mol. The molecule has 1 aromatic rings. The summed E-state index contributed by atoms with van der Waals surface area (Å²) in [5.74, 6) is -1.23. The van der Waals surface area contributed by atoms with E-state index in [1.165, 1.54) is 19.3 Å². The smallest absolute Gasteiger partial charge is 0.349 e. The summed E-state index contributed by atoms with van der Waals surface area (Å²) in [6.45, 7) is 11.1. The molecule has 6 nitrogen and oxygen atoms in total. The van der Waals surface area contributed by atoms with Crippen LogP contribution in [0.1, 0.15) is 105 Å². The lowest BCUT2D eigenvalue weighted by Gasteiger charge is -2.19. The number of esters is 2. The highest BCUT2D eigenvalue weighted by Crippen LogP contribution is 2.35. The lowest BCUT2D eigenvalue weighted by molar-refractivity contribution is -0.116. The van der Waals surface area contributed by atoms with Gasteiger partial charge in [-0.15, -0.1) is 11.3 Å². The highest BCUT2D eigenvalue weighted by atomic mass is 32.1. The Morgan fingerprint density at radius 1 is 0.966 bits per heavy atom. The molecule has 0 radical (unpaired) electrons. The molecule has 0 saturated carbocycles. The zero-order valence-corrected chi connectivity index (χ0v) is 19.4. The molecule has 0 bridgehead atoms. The monoisotopic (exact) mass is 425 g/mol. The lowest BCUT2D eigenvalue weighted by atomic mass is 10.1. The van der Waals surface area contributed by atoms with Crippen LogP contribution in [-0.4, -0.2) is 30.1 Å². The third kappa shape index (κ3) is 8.56. The molecule has 1 heterocycles. The molecule has 1 N–H and O–H groups in total. The Kier molecular flexibility index (Phi) is 10.4. The van der Waals surface area contributed by atoms with Crippen molar-refractivity contribution >= 4 is 34.2 Å². The van der Waals surface area contributed by atoms with Crippen LogP contribution in [0.3, 0.4) is 0 Å². The van der Waals surface area contributed by atoms with Gasteiger partial charge in [0.1, 0.15) is 15.5 Å². The van der Waals surface area contributed by atoms with E-state index >= 15 is 0 Å². The average molecular weight is 426 g/mol. The number of unbranched alkanes of at least 4 members (excludes halogenated alkanes) is 5. The molecule has 1 aromatic heterocycles. The summed E-state index contributed by atoms with van der Waals surface area (Å²) in [7, 11) is 0. The number of hydrogen-bond acceptors (Lipinski definition) is 6. The Labute approximate surface area is 178 Å². The molecule has 1 rings (SSSR count). The standard InChI is InChI=1S/C22H35NO5S/c1-7-9-10-11-12-13-14-16(24)23-19-17(20(25)27-8-2)15(3)18(29-19)21(26)28-22(4,5)6/h7-14H2,1-6H3,(H,23,24). The molecular formula is C22H35NO5S. The van der Waals surface area contributed by atoms with Gasteiger partial charge >= 0.3 is 11.9 Å². The predicted octanol–water partition coefficient (Wildman–Crippen LogP) is 5.88. The first kappa shape index (κ1) is 25.1. The number of anilines is 1. The van der Waals surface area contributed by atoms with Crippen molar-refractivity contribution in [2.45, 2.75) is 92.1 Å². The van der Waals surface area contributed by atoms with Gasteiger partial charge in [-0.05, 0) is 46.6 Å². The Balaban J connectivity index is 2.91. The molecule has 0 saturated heterocycles. The van der Waals surface area contributed by atoms with E-state index in [4.69, 9.17) is 9.47 Å². The van der Waals surface area contributed by atoms with E-state index in [1.54, 1.807) is 34.6 Å². The molecule has 7 heteroatoms. The van der Waals surface area contributed by atoms with Crippen LogP contribution in [-0.2, 0) is 14.3 Å². The van der Waals surface area contributed by atoms with E-state index in [1.807, 2.05) is 0 Å². The van der Waals surface area contributed by atoms with Crippen molar-refractivity contribution in [3.63, 3.8) is 0 Å². The fourth-order valence-corrected chi connectivity index (χ4v) is 3.91. The van der Waals surface area contributed by atoms with Gasteiger partial charge < -0.3 is 14.8 Å². The first-order valence-electron chi connectivity index (χ1n) is 10.4. The van der Waals surface area contributed by atoms with Gasteiger partial charge in [-0.2, -0.15) is 0 Å². The maximum absolute atomic E-state index is 12.5. The number of nitrogens with one attached hydrogen (secondary N) is 1. The fourth-order valence-electron chi connectivity index (χ4n) is 2.82. The number of amides is 1.